The maximum Gasteiger partial charge on any atom is 0.310 e. The van der Waals surface area contributed by atoms with Gasteiger partial charge in [0.15, 0.2) is 0 Å². The molecule has 0 aromatic heterocycles. The van der Waals surface area contributed by atoms with Crippen LogP contribution in [-0.4, -0.2) is 35.4 Å². The Kier molecular flexibility index (Phi) is 7.34. The van der Waals surface area contributed by atoms with Crippen LogP contribution in [0.3, 0.4) is 0 Å². The summed E-state index contributed by atoms with van der Waals surface area (Å²) in [5.74, 6) is 0.807. The highest BCUT2D eigenvalue weighted by molar-refractivity contribution is 5.76. The topological polar surface area (TPSA) is 110 Å². The number of hydrogen-bond acceptors (Lipinski definition) is 4. The van der Waals surface area contributed by atoms with Gasteiger partial charge in [-0.05, 0) is 109 Å². The van der Waals surface area contributed by atoms with Crippen LogP contribution >= 0.6 is 0 Å². The Bertz CT molecular complexity index is 925. The Hall–Kier alpha value is -0.910. The number of aliphatic hydroxyl groups excluding tert-OH is 1. The molecule has 0 spiro atoms. The van der Waals surface area contributed by atoms with Crippen molar-refractivity contribution in [3.05, 3.63) is 11.6 Å². The normalized spacial score (nSPS) is 47.6. The molecular formula is C32H56N2O3. The van der Waals surface area contributed by atoms with Crippen LogP contribution in [0.2, 0.25) is 0 Å². The highest BCUT2D eigenvalue weighted by Gasteiger charge is 2.69. The lowest BCUT2D eigenvalue weighted by molar-refractivity contribution is -0.205. The van der Waals surface area contributed by atoms with Gasteiger partial charge in [0.05, 0.1) is 11.5 Å². The quantitative estimate of drug-likeness (QED) is 0.330. The minimum atomic E-state index is -0.553. The number of aliphatic carboxylic acids is 1. The van der Waals surface area contributed by atoms with Gasteiger partial charge in [0, 0.05) is 13.1 Å². The van der Waals surface area contributed by atoms with E-state index < -0.39 is 11.4 Å². The Morgan fingerprint density at radius 2 is 1.51 bits per heavy atom. The highest BCUT2D eigenvalue weighted by atomic mass is 16.4. The van der Waals surface area contributed by atoms with Crippen molar-refractivity contribution < 1.29 is 15.0 Å². The molecule has 0 bridgehead atoms. The monoisotopic (exact) mass is 516 g/mol. The largest absolute Gasteiger partial charge is 0.481 e. The van der Waals surface area contributed by atoms with Gasteiger partial charge in [-0.1, -0.05) is 60.1 Å². The second-order valence-electron chi connectivity index (χ2n) is 15.6. The van der Waals surface area contributed by atoms with Crippen LogP contribution in [0.25, 0.3) is 0 Å². The smallest absolute Gasteiger partial charge is 0.310 e. The molecule has 4 fully saturated rings. The molecule has 0 radical (unpaired) electrons. The molecule has 4 saturated carbocycles. The summed E-state index contributed by atoms with van der Waals surface area (Å²) in [7, 11) is 0. The minimum absolute atomic E-state index is 0.0301. The Morgan fingerprint density at radius 1 is 0.892 bits per heavy atom. The first-order chi connectivity index (χ1) is 17.1. The van der Waals surface area contributed by atoms with Crippen LogP contribution in [0.5, 0.6) is 0 Å². The lowest BCUT2D eigenvalue weighted by Gasteiger charge is -2.71. The fourth-order valence-electron chi connectivity index (χ4n) is 10.6. The maximum absolute atomic E-state index is 12.8. The lowest BCUT2D eigenvalue weighted by Crippen LogP contribution is -2.65. The number of allylic oxidation sites excluding steroid dienone is 2. The molecule has 6 N–H and O–H groups in total. The molecule has 8 atom stereocenters. The number of fused-ring (bicyclic) bond motifs is 7. The zero-order valence-corrected chi connectivity index (χ0v) is 24.8. The molecule has 0 amide bonds. The second-order valence-corrected chi connectivity index (χ2v) is 15.6. The molecule has 0 aliphatic heterocycles. The van der Waals surface area contributed by atoms with E-state index in [1.807, 2.05) is 0 Å². The molecule has 5 nitrogen and oxygen atoms in total. The van der Waals surface area contributed by atoms with Crippen molar-refractivity contribution in [3.8, 4) is 0 Å². The van der Waals surface area contributed by atoms with E-state index in [0.29, 0.717) is 24.9 Å². The summed E-state index contributed by atoms with van der Waals surface area (Å²) in [5, 5.41) is 21.4. The predicted octanol–water partition coefficient (Wildman–Crippen LogP) is 6.14. The van der Waals surface area contributed by atoms with Crippen molar-refractivity contribution in [2.75, 3.05) is 13.1 Å². The average Bonchev–Trinajstić information content (AvgIpc) is 2.82. The zero-order valence-electron chi connectivity index (χ0n) is 24.8. The van der Waals surface area contributed by atoms with Crippen molar-refractivity contribution in [1.29, 1.82) is 0 Å². The number of aliphatic hydroxyl groups is 1. The van der Waals surface area contributed by atoms with Crippen LogP contribution in [0, 0.1) is 50.2 Å². The molecule has 0 heterocycles. The molecule has 0 saturated heterocycles. The first-order valence-electron chi connectivity index (χ1n) is 15.1. The van der Waals surface area contributed by atoms with Crippen LogP contribution in [0.15, 0.2) is 11.6 Å². The average molecular weight is 517 g/mol. The van der Waals surface area contributed by atoms with Gasteiger partial charge in [-0.25, -0.2) is 0 Å². The lowest BCUT2D eigenvalue weighted by atomic mass is 9.33. The SMILES string of the molecule is CC1(C)CC[C@]2(C(=O)O)CC[C@]3(C)C(=CC[C@@H]4[C@@]5(C)CC[C@H](O)C(C)(C)[C@@H]5CC[C@]43C)[C@@H]2C1.NCCN. The summed E-state index contributed by atoms with van der Waals surface area (Å²) < 4.78 is 0. The number of nitrogens with two attached hydrogens (primary N) is 2. The maximum atomic E-state index is 12.8. The summed E-state index contributed by atoms with van der Waals surface area (Å²) >= 11 is 0. The Morgan fingerprint density at radius 3 is 2.11 bits per heavy atom. The molecule has 5 heteroatoms. The molecule has 212 valence electrons. The van der Waals surface area contributed by atoms with Gasteiger partial charge < -0.3 is 21.7 Å². The van der Waals surface area contributed by atoms with Gasteiger partial charge >= 0.3 is 5.97 Å². The van der Waals surface area contributed by atoms with Crippen molar-refractivity contribution in [2.24, 2.45) is 61.7 Å². The van der Waals surface area contributed by atoms with Crippen molar-refractivity contribution in [3.63, 3.8) is 0 Å². The number of rotatable bonds is 2. The fourth-order valence-corrected chi connectivity index (χ4v) is 10.6. The van der Waals surface area contributed by atoms with E-state index >= 15 is 0 Å². The first kappa shape index (κ1) is 29.1. The second kappa shape index (κ2) is 9.34. The standard InChI is InChI=1S/C30H48O3.C2H8N2/c1-25(2)14-16-30(24(32)33)17-15-28(6)19(20(30)18-25)8-9-22-27(5)12-11-23(31)26(3,4)21(27)10-13-29(22,28)7;3-1-2-4/h8,20-23,31H,9-18H2,1-7H3,(H,32,33);1-4H2/t20-,21-,22+,23-,27-,28+,29+,30-;/m0./s1. The van der Waals surface area contributed by atoms with E-state index in [1.54, 1.807) is 0 Å². The third-order valence-electron chi connectivity index (χ3n) is 13.2. The molecule has 0 aromatic rings. The third-order valence-corrected chi connectivity index (χ3v) is 13.2. The molecule has 5 aliphatic rings. The van der Waals surface area contributed by atoms with Crippen LogP contribution < -0.4 is 11.5 Å². The molecule has 37 heavy (non-hydrogen) atoms. The van der Waals surface area contributed by atoms with E-state index in [4.69, 9.17) is 11.5 Å². The van der Waals surface area contributed by atoms with Gasteiger partial charge in [-0.2, -0.15) is 0 Å². The molecule has 0 aromatic carbocycles. The van der Waals surface area contributed by atoms with Gasteiger partial charge in [0.1, 0.15) is 0 Å². The van der Waals surface area contributed by atoms with Crippen LogP contribution in [0.1, 0.15) is 113 Å². The molecule has 0 unspecified atom stereocenters. The van der Waals surface area contributed by atoms with E-state index in [9.17, 15) is 15.0 Å². The fraction of sp³-hybridized carbons (Fsp3) is 0.906. The van der Waals surface area contributed by atoms with Gasteiger partial charge in [-0.15, -0.1) is 0 Å². The highest BCUT2D eigenvalue weighted by Crippen LogP contribution is 2.75. The Labute approximate surface area is 226 Å². The van der Waals surface area contributed by atoms with Crippen molar-refractivity contribution >= 4 is 5.97 Å². The number of hydrogen-bond donors (Lipinski definition) is 4. The van der Waals surface area contributed by atoms with E-state index in [0.717, 1.165) is 51.4 Å². The summed E-state index contributed by atoms with van der Waals surface area (Å²) in [6.07, 6.45) is 12.6. The first-order valence-corrected chi connectivity index (χ1v) is 15.1. The Balaban J connectivity index is 0.000000747. The summed E-state index contributed by atoms with van der Waals surface area (Å²) in [5.41, 5.74) is 11.5. The van der Waals surface area contributed by atoms with Crippen molar-refractivity contribution in [1.82, 2.24) is 0 Å². The third kappa shape index (κ3) is 4.08. The number of carboxylic acid groups (broad SMARTS) is 1. The van der Waals surface area contributed by atoms with Gasteiger partial charge in [-0.3, -0.25) is 4.79 Å². The van der Waals surface area contributed by atoms with Gasteiger partial charge in [0.25, 0.3) is 0 Å². The van der Waals surface area contributed by atoms with Gasteiger partial charge in [0.2, 0.25) is 0 Å². The van der Waals surface area contributed by atoms with E-state index in [1.165, 1.54) is 18.4 Å². The summed E-state index contributed by atoms with van der Waals surface area (Å²) in [4.78, 5) is 12.8. The predicted molar refractivity (Wildman–Crippen MR) is 151 cm³/mol. The molecular weight excluding hydrogens is 460 g/mol. The van der Waals surface area contributed by atoms with Crippen LogP contribution in [-0.2, 0) is 4.79 Å². The summed E-state index contributed by atoms with van der Waals surface area (Å²) in [6.45, 7) is 18.1. The van der Waals surface area contributed by atoms with Crippen molar-refractivity contribution in [2.45, 2.75) is 119 Å². The van der Waals surface area contributed by atoms with E-state index in [2.05, 4.69) is 54.5 Å². The number of carbonyl (C=O) groups is 1. The minimum Gasteiger partial charge on any atom is -0.481 e. The van der Waals surface area contributed by atoms with E-state index in [-0.39, 0.29) is 39.1 Å². The summed E-state index contributed by atoms with van der Waals surface area (Å²) in [6, 6.07) is 0. The zero-order chi connectivity index (χ0) is 27.7. The number of carboxylic acids is 1. The molecule has 5 aliphatic carbocycles. The molecule has 5 rings (SSSR count). The van der Waals surface area contributed by atoms with Crippen LogP contribution in [0.4, 0.5) is 0 Å².